The summed E-state index contributed by atoms with van der Waals surface area (Å²) < 4.78 is 0. The fourth-order valence-corrected chi connectivity index (χ4v) is 0.905. The first kappa shape index (κ1) is 9.93. The van der Waals surface area contributed by atoms with Crippen molar-refractivity contribution in [3.8, 4) is 6.07 Å². The number of primary amides is 1. The average molecular weight is 187 g/mol. The van der Waals surface area contributed by atoms with Gasteiger partial charge in [0.25, 0.3) is 0 Å². The lowest BCUT2D eigenvalue weighted by Crippen LogP contribution is -2.07. The van der Waals surface area contributed by atoms with Crippen LogP contribution in [0.4, 0.5) is 0 Å². The van der Waals surface area contributed by atoms with Crippen molar-refractivity contribution in [1.82, 2.24) is 4.98 Å². The molecule has 1 aromatic heterocycles. The lowest BCUT2D eigenvalue weighted by molar-refractivity contribution is -0.117. The third-order valence-electron chi connectivity index (χ3n) is 1.52. The Balaban J connectivity index is 2.72. The normalized spacial score (nSPS) is 9.93. The maximum atomic E-state index is 10.4. The summed E-state index contributed by atoms with van der Waals surface area (Å²) in [6.45, 7) is 0. The van der Waals surface area contributed by atoms with Gasteiger partial charge in [-0.2, -0.15) is 5.26 Å². The topological polar surface area (TPSA) is 79.8 Å². The van der Waals surface area contributed by atoms with Crippen molar-refractivity contribution < 1.29 is 4.79 Å². The molecule has 0 aliphatic carbocycles. The van der Waals surface area contributed by atoms with Crippen LogP contribution in [0, 0.1) is 11.3 Å². The Morgan fingerprint density at radius 2 is 2.50 bits per heavy atom. The van der Waals surface area contributed by atoms with E-state index in [0.29, 0.717) is 11.3 Å². The second kappa shape index (κ2) is 4.77. The Morgan fingerprint density at radius 3 is 3.14 bits per heavy atom. The van der Waals surface area contributed by atoms with E-state index >= 15 is 0 Å². The molecule has 0 atom stereocenters. The predicted octanol–water partition coefficient (Wildman–Crippen LogP) is 0.842. The molecule has 0 spiro atoms. The fraction of sp³-hybridized carbons (Fsp3) is 0.100. The van der Waals surface area contributed by atoms with Gasteiger partial charge in [-0.25, -0.2) is 0 Å². The van der Waals surface area contributed by atoms with Gasteiger partial charge in [0.15, 0.2) is 0 Å². The number of nitrogens with zero attached hydrogens (tertiary/aromatic N) is 2. The minimum absolute atomic E-state index is 0.179. The first-order valence-corrected chi connectivity index (χ1v) is 4.03. The van der Waals surface area contributed by atoms with Crippen LogP contribution >= 0.6 is 0 Å². The molecule has 0 unspecified atom stereocenters. The van der Waals surface area contributed by atoms with Crippen LogP contribution in [-0.4, -0.2) is 10.9 Å². The number of pyridine rings is 1. The summed E-state index contributed by atoms with van der Waals surface area (Å²) in [6, 6.07) is 5.25. The highest BCUT2D eigenvalue weighted by Gasteiger charge is 1.92. The zero-order chi connectivity index (χ0) is 10.4. The van der Waals surface area contributed by atoms with E-state index in [2.05, 4.69) is 4.98 Å². The number of carbonyl (C=O) groups excluding carboxylic acids is 1. The highest BCUT2D eigenvalue weighted by Crippen LogP contribution is 2.02. The van der Waals surface area contributed by atoms with Gasteiger partial charge in [-0.1, -0.05) is 6.08 Å². The van der Waals surface area contributed by atoms with Crippen molar-refractivity contribution >= 4 is 12.0 Å². The Labute approximate surface area is 81.7 Å². The van der Waals surface area contributed by atoms with E-state index in [1.165, 1.54) is 0 Å². The molecule has 4 nitrogen and oxygen atoms in total. The van der Waals surface area contributed by atoms with E-state index in [-0.39, 0.29) is 6.42 Å². The van der Waals surface area contributed by atoms with Crippen molar-refractivity contribution in [2.75, 3.05) is 0 Å². The van der Waals surface area contributed by atoms with Crippen molar-refractivity contribution in [3.05, 3.63) is 35.7 Å². The van der Waals surface area contributed by atoms with E-state index in [9.17, 15) is 4.79 Å². The molecule has 1 amide bonds. The zero-order valence-corrected chi connectivity index (χ0v) is 7.47. The number of hydrogen-bond donors (Lipinski definition) is 1. The molecule has 0 aliphatic heterocycles. The molecule has 0 saturated heterocycles. The predicted molar refractivity (Wildman–Crippen MR) is 51.8 cm³/mol. The standard InChI is InChI=1S/C10H9N3O/c11-7-8-4-5-13-9(6-8)2-1-3-10(12)14/h1-2,4-6H,3H2,(H2,12,14). The van der Waals surface area contributed by atoms with Gasteiger partial charge in [0.1, 0.15) is 0 Å². The summed E-state index contributed by atoms with van der Waals surface area (Å²) in [4.78, 5) is 14.4. The van der Waals surface area contributed by atoms with Gasteiger partial charge in [0.2, 0.25) is 5.91 Å². The Hall–Kier alpha value is -2.15. The number of rotatable bonds is 3. The summed E-state index contributed by atoms with van der Waals surface area (Å²) in [5.74, 6) is -0.391. The van der Waals surface area contributed by atoms with Crippen molar-refractivity contribution in [2.24, 2.45) is 5.73 Å². The maximum absolute atomic E-state index is 10.4. The third-order valence-corrected chi connectivity index (χ3v) is 1.52. The van der Waals surface area contributed by atoms with Crippen LogP contribution in [-0.2, 0) is 4.79 Å². The molecule has 2 N–H and O–H groups in total. The second-order valence-electron chi connectivity index (χ2n) is 2.65. The highest BCUT2D eigenvalue weighted by molar-refractivity contribution is 5.76. The summed E-state index contributed by atoms with van der Waals surface area (Å²) >= 11 is 0. The minimum atomic E-state index is -0.391. The minimum Gasteiger partial charge on any atom is -0.369 e. The van der Waals surface area contributed by atoms with Gasteiger partial charge < -0.3 is 5.73 Å². The van der Waals surface area contributed by atoms with Gasteiger partial charge in [-0.15, -0.1) is 0 Å². The lowest BCUT2D eigenvalue weighted by Gasteiger charge is -1.92. The molecule has 1 aromatic rings. The SMILES string of the molecule is N#Cc1ccnc(C=CCC(N)=O)c1. The van der Waals surface area contributed by atoms with Gasteiger partial charge in [-0.05, 0) is 18.2 Å². The summed E-state index contributed by atoms with van der Waals surface area (Å²) in [6.07, 6.45) is 5.00. The first-order valence-electron chi connectivity index (χ1n) is 4.03. The maximum Gasteiger partial charge on any atom is 0.221 e. The van der Waals surface area contributed by atoms with E-state index < -0.39 is 5.91 Å². The van der Waals surface area contributed by atoms with Gasteiger partial charge >= 0.3 is 0 Å². The number of hydrogen-bond acceptors (Lipinski definition) is 3. The Kier molecular flexibility index (Phi) is 3.39. The number of nitrogens with two attached hydrogens (primary N) is 1. The van der Waals surface area contributed by atoms with Crippen LogP contribution in [0.2, 0.25) is 0 Å². The first-order chi connectivity index (χ1) is 6.72. The van der Waals surface area contributed by atoms with Gasteiger partial charge in [-0.3, -0.25) is 9.78 Å². The van der Waals surface area contributed by atoms with E-state index in [4.69, 9.17) is 11.0 Å². The van der Waals surface area contributed by atoms with Crippen LogP contribution < -0.4 is 5.73 Å². The van der Waals surface area contributed by atoms with Gasteiger partial charge in [0, 0.05) is 12.6 Å². The molecular weight excluding hydrogens is 178 g/mol. The molecule has 1 heterocycles. The second-order valence-corrected chi connectivity index (χ2v) is 2.65. The van der Waals surface area contributed by atoms with Crippen molar-refractivity contribution in [3.63, 3.8) is 0 Å². The summed E-state index contributed by atoms with van der Waals surface area (Å²) in [5, 5.41) is 8.60. The van der Waals surface area contributed by atoms with E-state index in [1.807, 2.05) is 6.07 Å². The number of carbonyl (C=O) groups is 1. The molecule has 0 bridgehead atoms. The largest absolute Gasteiger partial charge is 0.369 e. The molecule has 0 saturated carbocycles. The number of nitriles is 1. The molecule has 4 heteroatoms. The number of amides is 1. The van der Waals surface area contributed by atoms with Crippen molar-refractivity contribution in [1.29, 1.82) is 5.26 Å². The quantitative estimate of drug-likeness (QED) is 0.761. The molecule has 14 heavy (non-hydrogen) atoms. The molecule has 0 fully saturated rings. The van der Waals surface area contributed by atoms with Crippen LogP contribution in [0.3, 0.4) is 0 Å². The summed E-state index contributed by atoms with van der Waals surface area (Å²) in [5.41, 5.74) is 6.13. The lowest BCUT2D eigenvalue weighted by atomic mass is 10.2. The fourth-order valence-electron chi connectivity index (χ4n) is 0.905. The van der Waals surface area contributed by atoms with E-state index in [0.717, 1.165) is 0 Å². The average Bonchev–Trinajstić information content (AvgIpc) is 2.18. The summed E-state index contributed by atoms with van der Waals surface area (Å²) in [7, 11) is 0. The van der Waals surface area contributed by atoms with Crippen LogP contribution in [0.25, 0.3) is 6.08 Å². The molecule has 1 rings (SSSR count). The zero-order valence-electron chi connectivity index (χ0n) is 7.47. The molecule has 70 valence electrons. The Bertz CT molecular complexity index is 404. The smallest absolute Gasteiger partial charge is 0.221 e. The Morgan fingerprint density at radius 1 is 1.71 bits per heavy atom. The molecule has 0 aromatic carbocycles. The third kappa shape index (κ3) is 3.07. The highest BCUT2D eigenvalue weighted by atomic mass is 16.1. The van der Waals surface area contributed by atoms with Crippen LogP contribution in [0.15, 0.2) is 24.4 Å². The van der Waals surface area contributed by atoms with E-state index in [1.54, 1.807) is 30.5 Å². The van der Waals surface area contributed by atoms with Crippen LogP contribution in [0.5, 0.6) is 0 Å². The molecule has 0 aliphatic rings. The number of aromatic nitrogens is 1. The van der Waals surface area contributed by atoms with Crippen molar-refractivity contribution in [2.45, 2.75) is 6.42 Å². The van der Waals surface area contributed by atoms with Crippen LogP contribution in [0.1, 0.15) is 17.7 Å². The molecule has 0 radical (unpaired) electrons. The monoisotopic (exact) mass is 187 g/mol. The van der Waals surface area contributed by atoms with Gasteiger partial charge in [0.05, 0.1) is 17.3 Å². The molecular formula is C10H9N3O.